The predicted molar refractivity (Wildman–Crippen MR) is 86.0 cm³/mol. The van der Waals surface area contributed by atoms with Crippen LogP contribution in [0.25, 0.3) is 0 Å². The number of urea groups is 1. The molecular formula is C17H21N3O3. The first-order chi connectivity index (χ1) is 10.8. The molecule has 23 heavy (non-hydrogen) atoms. The average Bonchev–Trinajstić information content (AvgIpc) is 2.52. The third kappa shape index (κ3) is 3.24. The summed E-state index contributed by atoms with van der Waals surface area (Å²) in [5, 5.41) is 15.2. The highest BCUT2D eigenvalue weighted by molar-refractivity contribution is 5.80. The topological polar surface area (TPSA) is 83.4 Å². The van der Waals surface area contributed by atoms with E-state index in [-0.39, 0.29) is 11.4 Å². The van der Waals surface area contributed by atoms with Gasteiger partial charge in [0.2, 0.25) is 0 Å². The van der Waals surface area contributed by atoms with E-state index in [0.29, 0.717) is 28.3 Å². The molecule has 2 N–H and O–H groups in total. The summed E-state index contributed by atoms with van der Waals surface area (Å²) < 4.78 is 10.6. The van der Waals surface area contributed by atoms with Crippen LogP contribution in [0.5, 0.6) is 11.5 Å². The molecule has 0 aromatic heterocycles. The summed E-state index contributed by atoms with van der Waals surface area (Å²) in [5.74, 6) is 1.21. The van der Waals surface area contributed by atoms with Crippen LogP contribution in [0.2, 0.25) is 0 Å². The monoisotopic (exact) mass is 315 g/mol. The molecule has 1 aliphatic heterocycles. The maximum Gasteiger partial charge on any atom is 0.319 e. The van der Waals surface area contributed by atoms with E-state index >= 15 is 0 Å². The van der Waals surface area contributed by atoms with E-state index < -0.39 is 6.04 Å². The third-order valence-corrected chi connectivity index (χ3v) is 3.69. The van der Waals surface area contributed by atoms with Crippen molar-refractivity contribution in [2.45, 2.75) is 26.8 Å². The van der Waals surface area contributed by atoms with Gasteiger partial charge in [0, 0.05) is 16.7 Å². The lowest BCUT2D eigenvalue weighted by Gasteiger charge is -2.33. The largest absolute Gasteiger partial charge is 0.497 e. The average molecular weight is 315 g/mol. The molecule has 1 aromatic carbocycles. The molecule has 0 saturated carbocycles. The highest BCUT2D eigenvalue weighted by atomic mass is 16.5. The first kappa shape index (κ1) is 16.7. The summed E-state index contributed by atoms with van der Waals surface area (Å²) in [6.07, 6.45) is 0. The Morgan fingerprint density at radius 2 is 1.91 bits per heavy atom. The summed E-state index contributed by atoms with van der Waals surface area (Å²) >= 11 is 0. The van der Waals surface area contributed by atoms with Gasteiger partial charge in [-0.3, -0.25) is 0 Å². The number of methoxy groups -OCH3 is 2. The lowest BCUT2D eigenvalue weighted by Crippen LogP contribution is -2.46. The van der Waals surface area contributed by atoms with Gasteiger partial charge in [-0.05, 0) is 18.2 Å². The number of nitrogens with one attached hydrogen (secondary N) is 2. The van der Waals surface area contributed by atoms with Gasteiger partial charge in [0.25, 0.3) is 0 Å². The van der Waals surface area contributed by atoms with Gasteiger partial charge in [-0.1, -0.05) is 20.8 Å². The zero-order chi connectivity index (χ0) is 17.2. The number of rotatable bonds is 3. The second kappa shape index (κ2) is 6.21. The van der Waals surface area contributed by atoms with Gasteiger partial charge in [0.1, 0.15) is 11.5 Å². The van der Waals surface area contributed by atoms with Crippen LogP contribution in [0.3, 0.4) is 0 Å². The number of benzene rings is 1. The first-order valence-electron chi connectivity index (χ1n) is 7.26. The van der Waals surface area contributed by atoms with Crippen molar-refractivity contribution in [1.29, 1.82) is 5.26 Å². The van der Waals surface area contributed by atoms with E-state index in [1.165, 1.54) is 0 Å². The second-order valence-corrected chi connectivity index (χ2v) is 6.29. The van der Waals surface area contributed by atoms with Crippen molar-refractivity contribution < 1.29 is 14.3 Å². The van der Waals surface area contributed by atoms with Crippen molar-refractivity contribution in [1.82, 2.24) is 10.6 Å². The minimum Gasteiger partial charge on any atom is -0.497 e. The van der Waals surface area contributed by atoms with Crippen LogP contribution in [0, 0.1) is 16.7 Å². The van der Waals surface area contributed by atoms with E-state index in [1.54, 1.807) is 32.4 Å². The van der Waals surface area contributed by atoms with Gasteiger partial charge in [0.15, 0.2) is 0 Å². The van der Waals surface area contributed by atoms with Crippen molar-refractivity contribution in [3.05, 3.63) is 35.0 Å². The molecule has 0 bridgehead atoms. The molecule has 0 fully saturated rings. The quantitative estimate of drug-likeness (QED) is 0.898. The van der Waals surface area contributed by atoms with Crippen LogP contribution in [0.4, 0.5) is 4.79 Å². The lowest BCUT2D eigenvalue weighted by atomic mass is 9.84. The predicted octanol–water partition coefficient (Wildman–Crippen LogP) is 2.88. The summed E-state index contributed by atoms with van der Waals surface area (Å²) in [7, 11) is 3.11. The van der Waals surface area contributed by atoms with Gasteiger partial charge < -0.3 is 20.1 Å². The Kier molecular flexibility index (Phi) is 4.50. The maximum atomic E-state index is 12.1. The number of amides is 2. The fourth-order valence-corrected chi connectivity index (χ4v) is 2.57. The van der Waals surface area contributed by atoms with E-state index in [2.05, 4.69) is 16.7 Å². The summed E-state index contributed by atoms with van der Waals surface area (Å²) in [6, 6.07) is 6.59. The number of hydrogen-bond acceptors (Lipinski definition) is 4. The fourth-order valence-electron chi connectivity index (χ4n) is 2.57. The number of allylic oxidation sites excluding steroid dienone is 1. The molecule has 2 rings (SSSR count). The minimum absolute atomic E-state index is 0.344. The summed E-state index contributed by atoms with van der Waals surface area (Å²) in [4.78, 5) is 12.1. The molecule has 0 spiro atoms. The molecule has 0 radical (unpaired) electrons. The molecule has 2 amide bonds. The molecule has 1 atom stereocenters. The van der Waals surface area contributed by atoms with Crippen molar-refractivity contribution in [3.8, 4) is 17.6 Å². The zero-order valence-electron chi connectivity index (χ0n) is 14.0. The standard InChI is InChI=1S/C17H21N3O3/c1-17(2,3)15-12(9-18)14(19-16(21)20-15)11-8-10(22-4)6-7-13(11)23-5/h6-8,14H,1-5H3,(H2,19,20,21)/t14-/m1/s1. The summed E-state index contributed by atoms with van der Waals surface area (Å²) in [6.45, 7) is 5.85. The zero-order valence-corrected chi connectivity index (χ0v) is 14.0. The van der Waals surface area contributed by atoms with Gasteiger partial charge in [-0.25, -0.2) is 4.79 Å². The Bertz CT molecular complexity index is 696. The molecule has 1 heterocycles. The number of carbonyl (C=O) groups excluding carboxylic acids is 1. The molecule has 0 saturated heterocycles. The second-order valence-electron chi connectivity index (χ2n) is 6.29. The minimum atomic E-state index is -0.590. The molecule has 0 unspecified atom stereocenters. The molecular weight excluding hydrogens is 294 g/mol. The number of nitriles is 1. The maximum absolute atomic E-state index is 12.1. The lowest BCUT2D eigenvalue weighted by molar-refractivity contribution is 0.234. The van der Waals surface area contributed by atoms with E-state index in [1.807, 2.05) is 20.8 Å². The van der Waals surface area contributed by atoms with Crippen LogP contribution < -0.4 is 20.1 Å². The van der Waals surface area contributed by atoms with Crippen LogP contribution >= 0.6 is 0 Å². The van der Waals surface area contributed by atoms with Crippen molar-refractivity contribution >= 4 is 6.03 Å². The Morgan fingerprint density at radius 3 is 2.43 bits per heavy atom. The number of nitrogens with zero attached hydrogens (tertiary/aromatic N) is 1. The SMILES string of the molecule is COc1ccc(OC)c([C@H]2NC(=O)NC(C(C)(C)C)=C2C#N)c1. The summed E-state index contributed by atoms with van der Waals surface area (Å²) in [5.41, 5.74) is 1.38. The molecule has 1 aliphatic rings. The van der Waals surface area contributed by atoms with Gasteiger partial charge in [-0.15, -0.1) is 0 Å². The Hall–Kier alpha value is -2.68. The van der Waals surface area contributed by atoms with Gasteiger partial charge in [0.05, 0.1) is 31.9 Å². The highest BCUT2D eigenvalue weighted by Gasteiger charge is 2.35. The molecule has 0 aliphatic carbocycles. The highest BCUT2D eigenvalue weighted by Crippen LogP contribution is 2.38. The normalized spacial score (nSPS) is 17.9. The van der Waals surface area contributed by atoms with E-state index in [9.17, 15) is 10.1 Å². The van der Waals surface area contributed by atoms with E-state index in [0.717, 1.165) is 0 Å². The van der Waals surface area contributed by atoms with Crippen LogP contribution in [0.15, 0.2) is 29.5 Å². The molecule has 6 nitrogen and oxygen atoms in total. The Balaban J connectivity index is 2.66. The van der Waals surface area contributed by atoms with Crippen LogP contribution in [-0.2, 0) is 0 Å². The third-order valence-electron chi connectivity index (χ3n) is 3.69. The van der Waals surface area contributed by atoms with Crippen LogP contribution in [0.1, 0.15) is 32.4 Å². The molecule has 122 valence electrons. The molecule has 6 heteroatoms. The van der Waals surface area contributed by atoms with E-state index in [4.69, 9.17) is 9.47 Å². The van der Waals surface area contributed by atoms with Crippen molar-refractivity contribution in [2.75, 3.05) is 14.2 Å². The number of carbonyl (C=O) groups is 1. The fraction of sp³-hybridized carbons (Fsp3) is 0.412. The smallest absolute Gasteiger partial charge is 0.319 e. The number of ether oxygens (including phenoxy) is 2. The number of hydrogen-bond donors (Lipinski definition) is 2. The first-order valence-corrected chi connectivity index (χ1v) is 7.26. The molecule has 1 aromatic rings. The van der Waals surface area contributed by atoms with Crippen molar-refractivity contribution in [2.24, 2.45) is 5.41 Å². The van der Waals surface area contributed by atoms with Crippen molar-refractivity contribution in [3.63, 3.8) is 0 Å². The Morgan fingerprint density at radius 1 is 1.22 bits per heavy atom. The Labute approximate surface area is 136 Å². The van der Waals surface area contributed by atoms with Crippen LogP contribution in [-0.4, -0.2) is 20.3 Å². The van der Waals surface area contributed by atoms with Gasteiger partial charge >= 0.3 is 6.03 Å². The van der Waals surface area contributed by atoms with Gasteiger partial charge in [-0.2, -0.15) is 5.26 Å².